The molecule has 0 aliphatic heterocycles. The molecule has 9 heteroatoms. The molecule has 0 amide bonds. The third-order valence-corrected chi connectivity index (χ3v) is 5.94. The molecular weight excluding hydrogens is 442 g/mol. The van der Waals surface area contributed by atoms with Gasteiger partial charge in [-0.2, -0.15) is 13.2 Å². The lowest BCUT2D eigenvalue weighted by Gasteiger charge is -2.25. The van der Waals surface area contributed by atoms with Crippen LogP contribution >= 0.6 is 0 Å². The highest BCUT2D eigenvalue weighted by Crippen LogP contribution is 2.34. The summed E-state index contributed by atoms with van der Waals surface area (Å²) in [5, 5.41) is 0.427. The summed E-state index contributed by atoms with van der Waals surface area (Å²) >= 11 is 0. The molecule has 33 heavy (non-hydrogen) atoms. The summed E-state index contributed by atoms with van der Waals surface area (Å²) in [6.07, 6.45) is -2.19. The first kappa shape index (κ1) is 22.8. The SMILES string of the molecule is COc1cc2c(CC(=O)OC3CCC3)c(C)n(C(=O)c3ccc(C(F)(F)F)cc3)c2cc1F. The van der Waals surface area contributed by atoms with E-state index in [1.165, 1.54) is 17.7 Å². The molecule has 1 saturated carbocycles. The van der Waals surface area contributed by atoms with E-state index in [2.05, 4.69) is 0 Å². The van der Waals surface area contributed by atoms with Crippen LogP contribution in [0.4, 0.5) is 17.6 Å². The van der Waals surface area contributed by atoms with E-state index in [9.17, 15) is 27.2 Å². The highest BCUT2D eigenvalue weighted by molar-refractivity contribution is 6.05. The summed E-state index contributed by atoms with van der Waals surface area (Å²) in [5.74, 6) is -1.88. The van der Waals surface area contributed by atoms with Gasteiger partial charge in [-0.15, -0.1) is 0 Å². The normalized spacial score (nSPS) is 14.2. The summed E-state index contributed by atoms with van der Waals surface area (Å²) in [5.41, 5.74) is 0.120. The van der Waals surface area contributed by atoms with E-state index in [0.29, 0.717) is 16.6 Å². The molecule has 174 valence electrons. The van der Waals surface area contributed by atoms with Crippen LogP contribution < -0.4 is 4.74 Å². The van der Waals surface area contributed by atoms with Crippen molar-refractivity contribution in [1.29, 1.82) is 0 Å². The van der Waals surface area contributed by atoms with Gasteiger partial charge in [0.2, 0.25) is 0 Å². The van der Waals surface area contributed by atoms with Gasteiger partial charge in [-0.1, -0.05) is 0 Å². The molecule has 0 atom stereocenters. The molecule has 0 radical (unpaired) electrons. The van der Waals surface area contributed by atoms with Gasteiger partial charge < -0.3 is 9.47 Å². The molecule has 1 fully saturated rings. The number of hydrogen-bond acceptors (Lipinski definition) is 4. The molecule has 0 N–H and O–H groups in total. The number of methoxy groups -OCH3 is 1. The lowest BCUT2D eigenvalue weighted by Crippen LogP contribution is -2.26. The van der Waals surface area contributed by atoms with Gasteiger partial charge in [-0.3, -0.25) is 14.2 Å². The van der Waals surface area contributed by atoms with E-state index in [1.54, 1.807) is 6.92 Å². The zero-order chi connectivity index (χ0) is 23.9. The predicted octanol–water partition coefficient (Wildman–Crippen LogP) is 5.44. The molecule has 1 aromatic heterocycles. The molecule has 4 rings (SSSR count). The Morgan fingerprint density at radius 3 is 2.33 bits per heavy atom. The number of esters is 1. The van der Waals surface area contributed by atoms with E-state index < -0.39 is 29.4 Å². The van der Waals surface area contributed by atoms with E-state index >= 15 is 0 Å². The smallest absolute Gasteiger partial charge is 0.416 e. The van der Waals surface area contributed by atoms with Crippen LogP contribution in [0.3, 0.4) is 0 Å². The van der Waals surface area contributed by atoms with Crippen LogP contribution in [-0.2, 0) is 22.1 Å². The van der Waals surface area contributed by atoms with Crippen LogP contribution in [0.25, 0.3) is 10.9 Å². The highest BCUT2D eigenvalue weighted by Gasteiger charge is 2.31. The van der Waals surface area contributed by atoms with Crippen LogP contribution in [0.2, 0.25) is 0 Å². The third kappa shape index (κ3) is 4.31. The second-order valence-corrected chi connectivity index (χ2v) is 8.00. The maximum atomic E-state index is 14.5. The van der Waals surface area contributed by atoms with Gasteiger partial charge in [0.05, 0.1) is 24.6 Å². The van der Waals surface area contributed by atoms with Crippen molar-refractivity contribution in [2.45, 2.75) is 44.9 Å². The minimum absolute atomic E-state index is 0.0113. The Bertz CT molecular complexity index is 1220. The fourth-order valence-corrected chi connectivity index (χ4v) is 3.91. The molecule has 0 spiro atoms. The molecule has 0 bridgehead atoms. The molecule has 0 saturated heterocycles. The Morgan fingerprint density at radius 2 is 1.79 bits per heavy atom. The molecule has 5 nitrogen and oxygen atoms in total. The Balaban J connectivity index is 1.78. The van der Waals surface area contributed by atoms with Crippen LogP contribution in [0.5, 0.6) is 5.75 Å². The number of fused-ring (bicyclic) bond motifs is 1. The van der Waals surface area contributed by atoms with Gasteiger partial charge in [-0.05, 0) is 62.1 Å². The van der Waals surface area contributed by atoms with Crippen LogP contribution in [0.15, 0.2) is 36.4 Å². The summed E-state index contributed by atoms with van der Waals surface area (Å²) in [6.45, 7) is 1.60. The summed E-state index contributed by atoms with van der Waals surface area (Å²) < 4.78 is 64.9. The largest absolute Gasteiger partial charge is 0.494 e. The van der Waals surface area contributed by atoms with E-state index in [1.807, 2.05) is 0 Å². The van der Waals surface area contributed by atoms with Crippen molar-refractivity contribution < 1.29 is 36.6 Å². The number of rotatable bonds is 5. The Kier molecular flexibility index (Phi) is 5.90. The second kappa shape index (κ2) is 8.53. The first-order valence-corrected chi connectivity index (χ1v) is 10.4. The van der Waals surface area contributed by atoms with E-state index in [4.69, 9.17) is 9.47 Å². The number of ether oxygens (including phenoxy) is 2. The van der Waals surface area contributed by atoms with Gasteiger partial charge >= 0.3 is 12.1 Å². The molecule has 3 aromatic rings. The van der Waals surface area contributed by atoms with Crippen LogP contribution in [-0.4, -0.2) is 29.7 Å². The second-order valence-electron chi connectivity index (χ2n) is 8.00. The maximum Gasteiger partial charge on any atom is 0.416 e. The van der Waals surface area contributed by atoms with Crippen LogP contribution in [0.1, 0.15) is 46.4 Å². The quantitative estimate of drug-likeness (QED) is 0.373. The number of halogens is 4. The highest BCUT2D eigenvalue weighted by atomic mass is 19.4. The number of benzene rings is 2. The number of aromatic nitrogens is 1. The van der Waals surface area contributed by atoms with Gasteiger partial charge in [0, 0.05) is 22.7 Å². The average molecular weight is 463 g/mol. The van der Waals surface area contributed by atoms with Crippen molar-refractivity contribution >= 4 is 22.8 Å². The Hall–Kier alpha value is -3.36. The Morgan fingerprint density at radius 1 is 1.12 bits per heavy atom. The van der Waals surface area contributed by atoms with Gasteiger partial charge in [0.1, 0.15) is 6.10 Å². The zero-order valence-electron chi connectivity index (χ0n) is 18.0. The Labute approximate surface area is 186 Å². The first-order valence-electron chi connectivity index (χ1n) is 10.4. The number of carbonyl (C=O) groups excluding carboxylic acids is 2. The van der Waals surface area contributed by atoms with E-state index in [0.717, 1.165) is 49.6 Å². The molecule has 1 heterocycles. The number of nitrogens with zero attached hydrogens (tertiary/aromatic N) is 1. The lowest BCUT2D eigenvalue weighted by molar-refractivity contribution is -0.152. The summed E-state index contributed by atoms with van der Waals surface area (Å²) in [7, 11) is 1.30. The van der Waals surface area contributed by atoms with Crippen molar-refractivity contribution in [2.24, 2.45) is 0 Å². The average Bonchev–Trinajstić information content (AvgIpc) is 2.99. The van der Waals surface area contributed by atoms with Crippen molar-refractivity contribution in [3.63, 3.8) is 0 Å². The molecule has 1 aliphatic carbocycles. The van der Waals surface area contributed by atoms with Crippen molar-refractivity contribution in [3.05, 3.63) is 64.6 Å². The van der Waals surface area contributed by atoms with E-state index in [-0.39, 0.29) is 29.4 Å². The molecule has 1 aliphatic rings. The van der Waals surface area contributed by atoms with Crippen molar-refractivity contribution in [1.82, 2.24) is 4.57 Å². The fourth-order valence-electron chi connectivity index (χ4n) is 3.91. The first-order chi connectivity index (χ1) is 15.6. The van der Waals surface area contributed by atoms with Gasteiger partial charge in [-0.25, -0.2) is 4.39 Å². The monoisotopic (exact) mass is 463 g/mol. The zero-order valence-corrected chi connectivity index (χ0v) is 18.0. The number of carbonyl (C=O) groups is 2. The molecular formula is C24H21F4NO4. The van der Waals surface area contributed by atoms with Crippen molar-refractivity contribution in [3.8, 4) is 5.75 Å². The minimum atomic E-state index is -4.54. The fraction of sp³-hybridized carbons (Fsp3) is 0.333. The van der Waals surface area contributed by atoms with Crippen molar-refractivity contribution in [2.75, 3.05) is 7.11 Å². The topological polar surface area (TPSA) is 57.5 Å². The maximum absolute atomic E-state index is 14.5. The van der Waals surface area contributed by atoms with Gasteiger partial charge in [0.15, 0.2) is 11.6 Å². The standard InChI is InChI=1S/C24H21F4NO4/c1-13-17(11-22(30)33-16-4-3-5-16)18-10-21(32-2)19(25)12-20(18)29(13)23(31)14-6-8-15(9-7-14)24(26,27)28/h6-10,12,16H,3-5,11H2,1-2H3. The summed E-state index contributed by atoms with van der Waals surface area (Å²) in [4.78, 5) is 25.7. The molecule has 0 unspecified atom stereocenters. The van der Waals surface area contributed by atoms with Crippen LogP contribution in [0, 0.1) is 12.7 Å². The number of alkyl halides is 3. The summed E-state index contributed by atoms with van der Waals surface area (Å²) in [6, 6.07) is 6.29. The predicted molar refractivity (Wildman–Crippen MR) is 112 cm³/mol. The number of hydrogen-bond donors (Lipinski definition) is 0. The minimum Gasteiger partial charge on any atom is -0.494 e. The third-order valence-electron chi connectivity index (χ3n) is 5.94. The lowest BCUT2D eigenvalue weighted by atomic mass is 9.96. The van der Waals surface area contributed by atoms with Gasteiger partial charge in [0.25, 0.3) is 5.91 Å². The molecule has 2 aromatic carbocycles.